The molecule has 3 aromatic rings. The zero-order valence-electron chi connectivity index (χ0n) is 17.5. The van der Waals surface area contributed by atoms with Crippen LogP contribution in [0.3, 0.4) is 0 Å². The van der Waals surface area contributed by atoms with E-state index in [2.05, 4.69) is 10.6 Å². The number of carbonyl (C=O) groups is 1. The van der Waals surface area contributed by atoms with Crippen LogP contribution in [0.1, 0.15) is 34.3 Å². The number of hydrogen-bond acceptors (Lipinski definition) is 3. The smallest absolute Gasteiger partial charge is 0.263 e. The molecule has 3 aromatic carbocycles. The molecule has 0 radical (unpaired) electrons. The topological polar surface area (TPSA) is 50.4 Å². The minimum Gasteiger partial charge on any atom is -0.454 e. The minimum atomic E-state index is -1.03. The zero-order valence-corrected chi connectivity index (χ0v) is 20.6. The Bertz CT molecular complexity index is 1260. The Balaban J connectivity index is 1.50. The van der Waals surface area contributed by atoms with Crippen LogP contribution in [0.4, 0.5) is 14.5 Å². The van der Waals surface area contributed by atoms with Crippen molar-refractivity contribution < 1.29 is 18.3 Å². The zero-order chi connectivity index (χ0) is 24.4. The molecule has 0 saturated carbocycles. The van der Waals surface area contributed by atoms with E-state index in [9.17, 15) is 13.6 Å². The molecule has 10 heteroatoms. The maximum absolute atomic E-state index is 13.8. The molecule has 1 aliphatic rings. The number of anilines is 1. The van der Waals surface area contributed by atoms with Gasteiger partial charge in [-0.15, -0.1) is 0 Å². The van der Waals surface area contributed by atoms with Crippen LogP contribution in [0.5, 0.6) is 11.5 Å². The maximum atomic E-state index is 13.8. The van der Waals surface area contributed by atoms with Crippen LogP contribution >= 0.6 is 47.0 Å². The van der Waals surface area contributed by atoms with Gasteiger partial charge < -0.3 is 10.1 Å². The molecule has 0 aliphatic heterocycles. The Morgan fingerprint density at radius 3 is 2.18 bits per heavy atom. The second kappa shape index (κ2) is 10.4. The lowest BCUT2D eigenvalue weighted by atomic mass is 9.91. The largest absolute Gasteiger partial charge is 0.454 e. The monoisotopic (exact) mass is 540 g/mol. The normalized spacial score (nSPS) is 12.6. The summed E-state index contributed by atoms with van der Waals surface area (Å²) in [5.41, 5.74) is 1.72. The maximum Gasteiger partial charge on any atom is 0.263 e. The number of thiocarbonyl (C=S) groups is 1. The van der Waals surface area contributed by atoms with E-state index in [1.807, 2.05) is 0 Å². The molecule has 176 valence electrons. The Labute approximate surface area is 215 Å². The van der Waals surface area contributed by atoms with Crippen LogP contribution in [0.2, 0.25) is 15.1 Å². The second-order valence-electron chi connectivity index (χ2n) is 7.59. The van der Waals surface area contributed by atoms with E-state index < -0.39 is 23.1 Å². The molecule has 2 N–H and O–H groups in total. The van der Waals surface area contributed by atoms with Gasteiger partial charge in [0.25, 0.3) is 5.91 Å². The van der Waals surface area contributed by atoms with Crippen molar-refractivity contribution in [3.63, 3.8) is 0 Å². The van der Waals surface area contributed by atoms with Crippen molar-refractivity contribution in [1.29, 1.82) is 0 Å². The quantitative estimate of drug-likeness (QED) is 0.332. The van der Waals surface area contributed by atoms with Crippen molar-refractivity contribution in [3.8, 4) is 11.5 Å². The summed E-state index contributed by atoms with van der Waals surface area (Å²) in [5.74, 6) is -2.14. The SMILES string of the molecule is O=C(NC(=S)Nc1cc(Cl)c(Oc2ccc(Cl)c3c2CCCC3)c(Cl)c1)c1c(F)cccc1F. The van der Waals surface area contributed by atoms with E-state index in [0.717, 1.165) is 55.0 Å². The summed E-state index contributed by atoms with van der Waals surface area (Å²) in [6, 6.07) is 9.71. The molecule has 0 aromatic heterocycles. The predicted molar refractivity (Wildman–Crippen MR) is 135 cm³/mol. The van der Waals surface area contributed by atoms with Gasteiger partial charge in [-0.3, -0.25) is 10.1 Å². The van der Waals surface area contributed by atoms with Crippen molar-refractivity contribution in [2.75, 3.05) is 5.32 Å². The number of hydrogen-bond donors (Lipinski definition) is 2. The third-order valence-electron chi connectivity index (χ3n) is 5.32. The van der Waals surface area contributed by atoms with E-state index >= 15 is 0 Å². The molecule has 0 bridgehead atoms. The highest BCUT2D eigenvalue weighted by Crippen LogP contribution is 2.42. The summed E-state index contributed by atoms with van der Waals surface area (Å²) in [6.07, 6.45) is 3.83. The van der Waals surface area contributed by atoms with Crippen LogP contribution in [0.25, 0.3) is 0 Å². The molecule has 34 heavy (non-hydrogen) atoms. The molecule has 4 nitrogen and oxygen atoms in total. The van der Waals surface area contributed by atoms with Crippen LogP contribution in [0.15, 0.2) is 42.5 Å². The summed E-state index contributed by atoms with van der Waals surface area (Å²) >= 11 is 24.3. The van der Waals surface area contributed by atoms with Gasteiger partial charge in [0.15, 0.2) is 10.9 Å². The summed E-state index contributed by atoms with van der Waals surface area (Å²) < 4.78 is 33.7. The van der Waals surface area contributed by atoms with E-state index in [0.29, 0.717) is 16.5 Å². The molecule has 0 unspecified atom stereocenters. The van der Waals surface area contributed by atoms with E-state index in [1.165, 1.54) is 12.1 Å². The van der Waals surface area contributed by atoms with Gasteiger partial charge in [-0.25, -0.2) is 8.78 Å². The van der Waals surface area contributed by atoms with Crippen molar-refractivity contribution in [2.45, 2.75) is 25.7 Å². The Kier molecular flexibility index (Phi) is 7.57. The molecular formula is C24H17Cl3F2N2O2S. The first-order chi connectivity index (χ1) is 16.2. The van der Waals surface area contributed by atoms with Crippen molar-refractivity contribution in [2.24, 2.45) is 0 Å². The van der Waals surface area contributed by atoms with Crippen molar-refractivity contribution in [3.05, 3.63) is 85.9 Å². The van der Waals surface area contributed by atoms with Gasteiger partial charge in [-0.2, -0.15) is 0 Å². The minimum absolute atomic E-state index is 0.194. The number of benzene rings is 3. The summed E-state index contributed by atoms with van der Waals surface area (Å²) in [4.78, 5) is 12.2. The summed E-state index contributed by atoms with van der Waals surface area (Å²) in [7, 11) is 0. The molecule has 1 aliphatic carbocycles. The first kappa shape index (κ1) is 24.7. The van der Waals surface area contributed by atoms with E-state index in [4.69, 9.17) is 51.8 Å². The van der Waals surface area contributed by atoms with Crippen LogP contribution in [-0.2, 0) is 12.8 Å². The first-order valence-corrected chi connectivity index (χ1v) is 11.8. The fourth-order valence-electron chi connectivity index (χ4n) is 3.77. The molecule has 0 fully saturated rings. The number of fused-ring (bicyclic) bond motifs is 1. The average molecular weight is 542 g/mol. The number of nitrogens with one attached hydrogen (secondary N) is 2. The highest BCUT2D eigenvalue weighted by molar-refractivity contribution is 7.80. The van der Waals surface area contributed by atoms with Gasteiger partial charge in [-0.1, -0.05) is 40.9 Å². The lowest BCUT2D eigenvalue weighted by molar-refractivity contribution is 0.0969. The molecule has 0 atom stereocenters. The number of halogens is 5. The highest BCUT2D eigenvalue weighted by Gasteiger charge is 2.21. The fraction of sp³-hybridized carbons (Fsp3) is 0.167. The second-order valence-corrected chi connectivity index (χ2v) is 9.22. The van der Waals surface area contributed by atoms with Gasteiger partial charge in [0.05, 0.1) is 10.0 Å². The number of carbonyl (C=O) groups excluding carboxylic acids is 1. The molecule has 0 saturated heterocycles. The fourth-order valence-corrected chi connectivity index (χ4v) is 4.81. The van der Waals surface area contributed by atoms with E-state index in [-0.39, 0.29) is 20.9 Å². The van der Waals surface area contributed by atoms with Gasteiger partial charge in [-0.05, 0) is 85.4 Å². The average Bonchev–Trinajstić information content (AvgIpc) is 2.77. The van der Waals surface area contributed by atoms with Gasteiger partial charge in [0.1, 0.15) is 22.9 Å². The lowest BCUT2D eigenvalue weighted by Gasteiger charge is -2.21. The molecule has 1 amide bonds. The van der Waals surface area contributed by atoms with Gasteiger partial charge in [0.2, 0.25) is 0 Å². The van der Waals surface area contributed by atoms with E-state index in [1.54, 1.807) is 12.1 Å². The molecule has 4 rings (SSSR count). The first-order valence-electron chi connectivity index (χ1n) is 10.3. The Hall–Kier alpha value is -2.45. The highest BCUT2D eigenvalue weighted by atomic mass is 35.5. The molecule has 0 spiro atoms. The number of rotatable bonds is 4. The summed E-state index contributed by atoms with van der Waals surface area (Å²) in [6.45, 7) is 0. The lowest BCUT2D eigenvalue weighted by Crippen LogP contribution is -2.35. The third kappa shape index (κ3) is 5.28. The van der Waals surface area contributed by atoms with Crippen molar-refractivity contribution >= 4 is 63.7 Å². The molecule has 0 heterocycles. The van der Waals surface area contributed by atoms with Crippen molar-refractivity contribution in [1.82, 2.24) is 5.32 Å². The summed E-state index contributed by atoms with van der Waals surface area (Å²) in [5, 5.41) is 5.87. The van der Waals surface area contributed by atoms with Crippen LogP contribution < -0.4 is 15.4 Å². The van der Waals surface area contributed by atoms with Crippen LogP contribution in [0, 0.1) is 11.6 Å². The Morgan fingerprint density at radius 2 is 1.53 bits per heavy atom. The number of ether oxygens (including phenoxy) is 1. The molecular weight excluding hydrogens is 525 g/mol. The predicted octanol–water partition coefficient (Wildman–Crippen LogP) is 7.72. The van der Waals surface area contributed by atoms with Gasteiger partial charge >= 0.3 is 0 Å². The Morgan fingerprint density at radius 1 is 0.912 bits per heavy atom. The third-order valence-corrected chi connectivity index (χ3v) is 6.44. The number of amides is 1. The standard InChI is InChI=1S/C24H17Cl3F2N2O2S/c25-15-8-9-20(14-5-2-1-4-13(14)15)33-22-16(26)10-12(11-17(22)27)30-24(34)31-23(32)21-18(28)6-3-7-19(21)29/h3,6-11H,1-2,4-5H2,(H2,30,31,32,34). The van der Waals surface area contributed by atoms with Crippen LogP contribution in [-0.4, -0.2) is 11.0 Å². The van der Waals surface area contributed by atoms with Gasteiger partial charge in [0, 0.05) is 10.7 Å².